The summed E-state index contributed by atoms with van der Waals surface area (Å²) in [6.07, 6.45) is 2.81. The summed E-state index contributed by atoms with van der Waals surface area (Å²) in [5.74, 6) is 0.624. The van der Waals surface area contributed by atoms with Gasteiger partial charge in [-0.3, -0.25) is 0 Å². The number of ether oxygens (including phenoxy) is 2. The molecule has 69 valence electrons. The molecule has 2 heterocycles. The normalized spacial score (nSPS) is 38.0. The van der Waals surface area contributed by atoms with Gasteiger partial charge < -0.3 is 9.47 Å². The average Bonchev–Trinajstić information content (AvgIpc) is 2.21. The monoisotopic (exact) mass is 170 g/mol. The standard InChI is InChI=1S/C9H16NO2/c1-2-8(6-10-3-1)9-7-11-4-5-12-9/h8-9H,1-7H2. The van der Waals surface area contributed by atoms with Crippen LogP contribution in [0.5, 0.6) is 0 Å². The molecule has 2 atom stereocenters. The van der Waals surface area contributed by atoms with Gasteiger partial charge in [0.05, 0.1) is 25.9 Å². The van der Waals surface area contributed by atoms with Crippen molar-refractivity contribution in [2.75, 3.05) is 32.9 Å². The van der Waals surface area contributed by atoms with Crippen molar-refractivity contribution in [3.8, 4) is 0 Å². The van der Waals surface area contributed by atoms with Gasteiger partial charge in [0.1, 0.15) is 0 Å². The van der Waals surface area contributed by atoms with Gasteiger partial charge >= 0.3 is 0 Å². The van der Waals surface area contributed by atoms with E-state index in [9.17, 15) is 0 Å². The van der Waals surface area contributed by atoms with Crippen LogP contribution in [0.15, 0.2) is 0 Å². The highest BCUT2D eigenvalue weighted by atomic mass is 16.6. The molecule has 0 amide bonds. The summed E-state index contributed by atoms with van der Waals surface area (Å²) < 4.78 is 11.0. The molecular weight excluding hydrogens is 154 g/mol. The third-order valence-corrected chi connectivity index (χ3v) is 2.62. The molecule has 2 aliphatic rings. The molecule has 3 nitrogen and oxygen atoms in total. The van der Waals surface area contributed by atoms with Gasteiger partial charge in [0.15, 0.2) is 0 Å². The summed E-state index contributed by atoms with van der Waals surface area (Å²) in [6.45, 7) is 4.33. The van der Waals surface area contributed by atoms with Crippen LogP contribution in [0.2, 0.25) is 0 Å². The van der Waals surface area contributed by atoms with Crippen LogP contribution in [0.1, 0.15) is 12.8 Å². The molecule has 0 saturated carbocycles. The fourth-order valence-corrected chi connectivity index (χ4v) is 1.90. The third-order valence-electron chi connectivity index (χ3n) is 2.62. The van der Waals surface area contributed by atoms with Gasteiger partial charge in [0.2, 0.25) is 0 Å². The minimum absolute atomic E-state index is 0.322. The maximum atomic E-state index is 5.63. The first-order chi connectivity index (χ1) is 5.97. The highest BCUT2D eigenvalue weighted by Gasteiger charge is 2.26. The van der Waals surface area contributed by atoms with E-state index < -0.39 is 0 Å². The molecule has 2 rings (SSSR count). The second-order valence-electron chi connectivity index (χ2n) is 3.52. The van der Waals surface area contributed by atoms with Gasteiger partial charge in [-0.05, 0) is 12.8 Å². The van der Waals surface area contributed by atoms with E-state index in [0.717, 1.165) is 32.9 Å². The highest BCUT2D eigenvalue weighted by molar-refractivity contribution is 4.77. The molecule has 12 heavy (non-hydrogen) atoms. The van der Waals surface area contributed by atoms with Crippen LogP contribution < -0.4 is 5.32 Å². The predicted octanol–water partition coefficient (Wildman–Crippen LogP) is 0.416. The Hall–Kier alpha value is -0.120. The fourth-order valence-electron chi connectivity index (χ4n) is 1.90. The molecule has 0 aliphatic carbocycles. The van der Waals surface area contributed by atoms with E-state index in [1.54, 1.807) is 0 Å². The van der Waals surface area contributed by atoms with E-state index >= 15 is 0 Å². The lowest BCUT2D eigenvalue weighted by Gasteiger charge is -2.32. The zero-order valence-electron chi connectivity index (χ0n) is 7.37. The lowest BCUT2D eigenvalue weighted by Crippen LogP contribution is -2.40. The molecule has 2 saturated heterocycles. The summed E-state index contributed by atoms with van der Waals surface area (Å²) in [6, 6.07) is 0. The fraction of sp³-hybridized carbons (Fsp3) is 1.00. The van der Waals surface area contributed by atoms with E-state index in [0.29, 0.717) is 12.0 Å². The minimum Gasteiger partial charge on any atom is -0.376 e. The van der Waals surface area contributed by atoms with Crippen LogP contribution in [0.25, 0.3) is 0 Å². The van der Waals surface area contributed by atoms with E-state index in [2.05, 4.69) is 5.32 Å². The smallest absolute Gasteiger partial charge is 0.0850 e. The highest BCUT2D eigenvalue weighted by Crippen LogP contribution is 2.19. The van der Waals surface area contributed by atoms with E-state index in [-0.39, 0.29) is 0 Å². The van der Waals surface area contributed by atoms with Gasteiger partial charge in [-0.1, -0.05) is 0 Å². The Kier molecular flexibility index (Phi) is 2.98. The van der Waals surface area contributed by atoms with Crippen molar-refractivity contribution < 1.29 is 9.47 Å². The maximum Gasteiger partial charge on any atom is 0.0850 e. The number of hydrogen-bond donors (Lipinski definition) is 0. The molecule has 2 fully saturated rings. The first-order valence-electron chi connectivity index (χ1n) is 4.79. The molecule has 0 aromatic rings. The molecule has 0 aromatic heterocycles. The van der Waals surface area contributed by atoms with Crippen molar-refractivity contribution in [2.24, 2.45) is 5.92 Å². The van der Waals surface area contributed by atoms with Crippen molar-refractivity contribution >= 4 is 0 Å². The number of piperidine rings is 1. The van der Waals surface area contributed by atoms with Gasteiger partial charge in [-0.15, -0.1) is 0 Å². The van der Waals surface area contributed by atoms with Crippen molar-refractivity contribution in [1.29, 1.82) is 0 Å². The molecule has 0 aromatic carbocycles. The lowest BCUT2D eigenvalue weighted by molar-refractivity contribution is -0.113. The van der Waals surface area contributed by atoms with Crippen LogP contribution >= 0.6 is 0 Å². The quantitative estimate of drug-likeness (QED) is 0.571. The van der Waals surface area contributed by atoms with Crippen LogP contribution in [-0.4, -0.2) is 39.0 Å². The van der Waals surface area contributed by atoms with E-state index in [1.165, 1.54) is 12.8 Å². The van der Waals surface area contributed by atoms with Crippen LogP contribution in [0.3, 0.4) is 0 Å². The van der Waals surface area contributed by atoms with Crippen LogP contribution in [0.4, 0.5) is 0 Å². The third kappa shape index (κ3) is 1.97. The number of hydrogen-bond acceptors (Lipinski definition) is 2. The molecular formula is C9H16NO2. The van der Waals surface area contributed by atoms with Crippen LogP contribution in [-0.2, 0) is 9.47 Å². The molecule has 0 N–H and O–H groups in total. The lowest BCUT2D eigenvalue weighted by atomic mass is 9.94. The second kappa shape index (κ2) is 4.21. The Balaban J connectivity index is 1.80. The predicted molar refractivity (Wildman–Crippen MR) is 45.2 cm³/mol. The van der Waals surface area contributed by atoms with Crippen molar-refractivity contribution in [3.63, 3.8) is 0 Å². The summed E-state index contributed by atoms with van der Waals surface area (Å²) in [7, 11) is 0. The molecule has 0 bridgehead atoms. The number of nitrogens with zero attached hydrogens (tertiary/aromatic N) is 1. The topological polar surface area (TPSA) is 32.6 Å². The van der Waals surface area contributed by atoms with Gasteiger partial charge in [-0.25, -0.2) is 5.32 Å². The van der Waals surface area contributed by atoms with Crippen molar-refractivity contribution in [3.05, 3.63) is 0 Å². The molecule has 0 spiro atoms. The van der Waals surface area contributed by atoms with Gasteiger partial charge in [0.25, 0.3) is 0 Å². The first-order valence-corrected chi connectivity index (χ1v) is 4.79. The molecule has 2 aliphatic heterocycles. The SMILES string of the molecule is C1C[N]CC(C2COCCO2)C1. The molecule has 3 heteroatoms. The molecule has 1 radical (unpaired) electrons. The van der Waals surface area contributed by atoms with E-state index in [4.69, 9.17) is 9.47 Å². The Bertz CT molecular complexity index is 112. The summed E-state index contributed by atoms with van der Waals surface area (Å²) in [5.41, 5.74) is 0. The Morgan fingerprint density at radius 2 is 2.25 bits per heavy atom. The zero-order chi connectivity index (χ0) is 8.23. The Labute approximate surface area is 73.4 Å². The van der Waals surface area contributed by atoms with Crippen molar-refractivity contribution in [2.45, 2.75) is 18.9 Å². The first kappa shape index (κ1) is 8.48. The van der Waals surface area contributed by atoms with Gasteiger partial charge in [0, 0.05) is 19.0 Å². The largest absolute Gasteiger partial charge is 0.376 e. The van der Waals surface area contributed by atoms with Crippen molar-refractivity contribution in [1.82, 2.24) is 5.32 Å². The van der Waals surface area contributed by atoms with Crippen LogP contribution in [0, 0.1) is 5.92 Å². The minimum atomic E-state index is 0.322. The second-order valence-corrected chi connectivity index (χ2v) is 3.52. The Morgan fingerprint density at radius 3 is 2.92 bits per heavy atom. The summed E-state index contributed by atoms with van der Waals surface area (Å²) in [5, 5.41) is 4.40. The Morgan fingerprint density at radius 1 is 1.25 bits per heavy atom. The van der Waals surface area contributed by atoms with Gasteiger partial charge in [-0.2, -0.15) is 0 Å². The summed E-state index contributed by atoms with van der Waals surface area (Å²) in [4.78, 5) is 0. The average molecular weight is 170 g/mol. The molecule has 2 unspecified atom stereocenters. The number of rotatable bonds is 1. The maximum absolute atomic E-state index is 5.63. The van der Waals surface area contributed by atoms with E-state index in [1.807, 2.05) is 0 Å². The summed E-state index contributed by atoms with van der Waals surface area (Å²) >= 11 is 0. The zero-order valence-corrected chi connectivity index (χ0v) is 7.37.